The standard InChI is InChI=1S/C27H35Cl3N4O9.CO2/c1-13-15(3)39-25(23(40-17(5)36)22(13)38-11-18-9-7-6-8-10-18)42-21-14(2)20(33-34-32)24(43-26(31)27(28,29)30)41-19(21)12-37-16(4)35;2-1-3/h6-10,13-15,19-25,31H,11-12H2,1-5H3;/t13-,14-,15?,19?,20?,21+,22-,23?,24?,25+;/m1./s1. The summed E-state index contributed by atoms with van der Waals surface area (Å²) in [4.78, 5) is 43.1. The van der Waals surface area contributed by atoms with Crippen molar-refractivity contribution in [3.63, 3.8) is 0 Å². The molecule has 1 N–H and O–H groups in total. The minimum atomic E-state index is -2.22. The number of azide groups is 1. The Balaban J connectivity index is 0.00000236. The molecule has 3 rings (SSSR count). The molecule has 0 spiro atoms. The molecular formula is C28H35Cl3N4O11. The molecule has 46 heavy (non-hydrogen) atoms. The summed E-state index contributed by atoms with van der Waals surface area (Å²) in [6, 6.07) is 8.43. The third-order valence-corrected chi connectivity index (χ3v) is 7.73. The number of alkyl halides is 3. The van der Waals surface area contributed by atoms with Crippen LogP contribution in [0.2, 0.25) is 0 Å². The van der Waals surface area contributed by atoms with Crippen LogP contribution < -0.4 is 0 Å². The quantitative estimate of drug-likeness (QED) is 0.0673. The number of halogens is 3. The minimum absolute atomic E-state index is 0.202. The number of nitrogens with zero attached hydrogens (tertiary/aromatic N) is 3. The molecule has 2 aliphatic rings. The van der Waals surface area contributed by atoms with E-state index in [0.717, 1.165) is 5.56 Å². The van der Waals surface area contributed by atoms with Crippen LogP contribution in [0.1, 0.15) is 40.2 Å². The first kappa shape index (κ1) is 39.2. The highest BCUT2D eigenvalue weighted by Crippen LogP contribution is 2.38. The smallest absolute Gasteiger partial charge is 0.373 e. The van der Waals surface area contributed by atoms with E-state index in [1.807, 2.05) is 44.2 Å². The summed E-state index contributed by atoms with van der Waals surface area (Å²) in [6.45, 7) is 7.87. The van der Waals surface area contributed by atoms with Crippen molar-refractivity contribution in [1.82, 2.24) is 0 Å². The molecule has 1 aromatic carbocycles. The van der Waals surface area contributed by atoms with E-state index >= 15 is 0 Å². The van der Waals surface area contributed by atoms with Crippen LogP contribution in [-0.2, 0) is 58.9 Å². The van der Waals surface area contributed by atoms with Gasteiger partial charge in [-0.3, -0.25) is 15.0 Å². The number of benzene rings is 1. The van der Waals surface area contributed by atoms with Gasteiger partial charge in [0.25, 0.3) is 3.79 Å². The summed E-state index contributed by atoms with van der Waals surface area (Å²) in [6.07, 6.45) is -6.32. The average molecular weight is 710 g/mol. The molecule has 2 saturated heterocycles. The molecule has 0 aromatic heterocycles. The molecule has 0 radical (unpaired) electrons. The lowest BCUT2D eigenvalue weighted by atomic mass is 9.88. The third kappa shape index (κ3) is 11.4. The summed E-state index contributed by atoms with van der Waals surface area (Å²) in [7, 11) is 0. The molecule has 5 unspecified atom stereocenters. The summed E-state index contributed by atoms with van der Waals surface area (Å²) in [5.41, 5.74) is 10.2. The molecule has 0 amide bonds. The SMILES string of the molecule is CC(=O)OCC1OC(OC(=N)C(Cl)(Cl)Cl)C(N=[N+]=[N-])[C@@H](C)[C@@H]1O[C@@H]1OC(C)[C@@H](C)[C@@H](OCc2ccccc2)C1OC(C)=O.O=C=O. The number of hydrogen-bond acceptors (Lipinski definition) is 13. The van der Waals surface area contributed by atoms with Crippen LogP contribution in [0.3, 0.4) is 0 Å². The number of rotatable bonds is 10. The van der Waals surface area contributed by atoms with Crippen LogP contribution in [-0.4, -0.2) is 83.5 Å². The Hall–Kier alpha value is -2.97. The maximum Gasteiger partial charge on any atom is 0.373 e. The molecule has 2 heterocycles. The molecular weight excluding hydrogens is 675 g/mol. The Morgan fingerprint density at radius 3 is 2.15 bits per heavy atom. The number of carbonyl (C=O) groups excluding carboxylic acids is 4. The summed E-state index contributed by atoms with van der Waals surface area (Å²) in [5.74, 6) is -2.84. The van der Waals surface area contributed by atoms with Gasteiger partial charge in [0.15, 0.2) is 12.4 Å². The number of nitrogens with one attached hydrogen (secondary N) is 1. The van der Waals surface area contributed by atoms with Crippen molar-refractivity contribution in [3.05, 3.63) is 46.3 Å². The van der Waals surface area contributed by atoms with Gasteiger partial charge in [-0.25, -0.2) is 0 Å². The van der Waals surface area contributed by atoms with E-state index in [1.165, 1.54) is 13.8 Å². The van der Waals surface area contributed by atoms with Crippen LogP contribution in [0.4, 0.5) is 0 Å². The lowest BCUT2D eigenvalue weighted by molar-refractivity contribution is -0.332. The second-order valence-corrected chi connectivity index (χ2v) is 12.7. The third-order valence-electron chi connectivity index (χ3n) is 7.22. The van der Waals surface area contributed by atoms with Crippen molar-refractivity contribution in [1.29, 1.82) is 5.41 Å². The van der Waals surface area contributed by atoms with Crippen molar-refractivity contribution in [2.45, 2.75) is 94.2 Å². The van der Waals surface area contributed by atoms with E-state index in [-0.39, 0.29) is 25.3 Å². The zero-order valence-electron chi connectivity index (χ0n) is 25.5. The van der Waals surface area contributed by atoms with Crippen LogP contribution in [0.25, 0.3) is 10.4 Å². The largest absolute Gasteiger partial charge is 0.463 e. The van der Waals surface area contributed by atoms with Gasteiger partial charge in [0, 0.05) is 24.7 Å². The monoisotopic (exact) mass is 708 g/mol. The topological polar surface area (TPSA) is 205 Å². The molecule has 0 aliphatic carbocycles. The highest BCUT2D eigenvalue weighted by Gasteiger charge is 2.52. The molecule has 2 fully saturated rings. The number of esters is 2. The van der Waals surface area contributed by atoms with Crippen molar-refractivity contribution in [2.75, 3.05) is 6.61 Å². The van der Waals surface area contributed by atoms with Crippen LogP contribution in [0.5, 0.6) is 0 Å². The van der Waals surface area contributed by atoms with Crippen LogP contribution in [0.15, 0.2) is 35.4 Å². The second kappa shape index (κ2) is 18.4. The first-order chi connectivity index (χ1) is 21.6. The van der Waals surface area contributed by atoms with E-state index in [1.54, 1.807) is 6.92 Å². The summed E-state index contributed by atoms with van der Waals surface area (Å²) in [5, 5.41) is 11.8. The zero-order chi connectivity index (χ0) is 34.6. The van der Waals surface area contributed by atoms with E-state index in [9.17, 15) is 15.1 Å². The van der Waals surface area contributed by atoms with Crippen LogP contribution in [0, 0.1) is 17.2 Å². The Kier molecular flexibility index (Phi) is 15.7. The first-order valence-electron chi connectivity index (χ1n) is 13.9. The fourth-order valence-electron chi connectivity index (χ4n) is 4.88. The lowest BCUT2D eigenvalue weighted by Crippen LogP contribution is -2.61. The fraction of sp³-hybridized carbons (Fsp3) is 0.643. The zero-order valence-corrected chi connectivity index (χ0v) is 27.8. The average Bonchev–Trinajstić information content (AvgIpc) is 2.97. The Labute approximate surface area is 280 Å². The minimum Gasteiger partial charge on any atom is -0.463 e. The van der Waals surface area contributed by atoms with Crippen molar-refractivity contribution < 1.29 is 52.3 Å². The molecule has 254 valence electrons. The predicted octanol–water partition coefficient (Wildman–Crippen LogP) is 4.65. The predicted molar refractivity (Wildman–Crippen MR) is 160 cm³/mol. The lowest BCUT2D eigenvalue weighted by Gasteiger charge is -2.48. The molecule has 0 saturated carbocycles. The van der Waals surface area contributed by atoms with Crippen molar-refractivity contribution in [3.8, 4) is 0 Å². The summed E-state index contributed by atoms with van der Waals surface area (Å²) < 4.78 is 39.0. The van der Waals surface area contributed by atoms with Crippen molar-refractivity contribution >= 4 is 58.8 Å². The first-order valence-corrected chi connectivity index (χ1v) is 15.1. The number of hydrogen-bond donors (Lipinski definition) is 1. The van der Waals surface area contributed by atoms with Gasteiger partial charge in [0.2, 0.25) is 12.2 Å². The second-order valence-electron chi connectivity index (χ2n) is 10.4. The molecule has 18 heteroatoms. The number of carbonyl (C=O) groups is 2. The highest BCUT2D eigenvalue weighted by atomic mass is 35.6. The van der Waals surface area contributed by atoms with Gasteiger partial charge >= 0.3 is 18.1 Å². The van der Waals surface area contributed by atoms with Crippen molar-refractivity contribution in [2.24, 2.45) is 17.0 Å². The van der Waals surface area contributed by atoms with Crippen LogP contribution >= 0.6 is 34.8 Å². The van der Waals surface area contributed by atoms with Gasteiger partial charge in [-0.2, -0.15) is 9.59 Å². The fourth-order valence-corrected chi connectivity index (χ4v) is 5.02. The number of ether oxygens (including phenoxy) is 7. The van der Waals surface area contributed by atoms with Gasteiger partial charge in [0.05, 0.1) is 18.8 Å². The maximum atomic E-state index is 12.2. The van der Waals surface area contributed by atoms with E-state index < -0.39 is 76.7 Å². The molecule has 2 aliphatic heterocycles. The summed E-state index contributed by atoms with van der Waals surface area (Å²) >= 11 is 17.3. The van der Waals surface area contributed by atoms with E-state index in [4.69, 9.17) is 83.0 Å². The Bertz CT molecular complexity index is 1260. The van der Waals surface area contributed by atoms with Gasteiger partial charge in [0.1, 0.15) is 24.9 Å². The highest BCUT2D eigenvalue weighted by molar-refractivity contribution is 6.76. The van der Waals surface area contributed by atoms with Gasteiger partial charge < -0.3 is 33.2 Å². The van der Waals surface area contributed by atoms with Gasteiger partial charge in [-0.15, -0.1) is 0 Å². The van der Waals surface area contributed by atoms with Gasteiger partial charge in [-0.1, -0.05) is 84.1 Å². The Morgan fingerprint density at radius 2 is 1.61 bits per heavy atom. The Morgan fingerprint density at radius 1 is 0.978 bits per heavy atom. The van der Waals surface area contributed by atoms with E-state index in [0.29, 0.717) is 0 Å². The molecule has 10 atom stereocenters. The molecule has 15 nitrogen and oxygen atoms in total. The van der Waals surface area contributed by atoms with E-state index in [2.05, 4.69) is 10.0 Å². The molecule has 0 bridgehead atoms. The normalized spacial score (nSPS) is 30.7. The molecule has 1 aromatic rings. The van der Waals surface area contributed by atoms with Gasteiger partial charge in [-0.05, 0) is 23.9 Å². The maximum absolute atomic E-state index is 12.2.